The smallest absolute Gasteiger partial charge is 0.304 e. The summed E-state index contributed by atoms with van der Waals surface area (Å²) in [6.07, 6.45) is 3.40. The first kappa shape index (κ1) is 17.7. The van der Waals surface area contributed by atoms with Crippen molar-refractivity contribution in [2.45, 2.75) is 25.7 Å². The van der Waals surface area contributed by atoms with Gasteiger partial charge in [-0.05, 0) is 43.5 Å². The number of hydrogen-bond acceptors (Lipinski definition) is 3. The standard InChI is InChI=1S/C14H21NO3.ClH/c1-18-13-7-5-12(6-8-13)4-2-3-10-15-11-9-14(16)17;/h5-8,15H,2-4,9-11H2,1H3,(H,16,17);1H. The minimum Gasteiger partial charge on any atom is -0.497 e. The highest BCUT2D eigenvalue weighted by Gasteiger charge is 1.97. The molecule has 0 heterocycles. The summed E-state index contributed by atoms with van der Waals surface area (Å²) in [6, 6.07) is 8.11. The van der Waals surface area contributed by atoms with Gasteiger partial charge in [-0.15, -0.1) is 12.4 Å². The van der Waals surface area contributed by atoms with Gasteiger partial charge in [-0.1, -0.05) is 12.1 Å². The Bertz CT molecular complexity index is 354. The summed E-state index contributed by atoms with van der Waals surface area (Å²) in [6.45, 7) is 1.43. The second-order valence-electron chi connectivity index (χ2n) is 4.20. The van der Waals surface area contributed by atoms with Gasteiger partial charge in [0.1, 0.15) is 5.75 Å². The predicted octanol–water partition coefficient (Wildman–Crippen LogP) is 2.50. The van der Waals surface area contributed by atoms with E-state index in [4.69, 9.17) is 9.84 Å². The zero-order valence-electron chi connectivity index (χ0n) is 11.2. The van der Waals surface area contributed by atoms with E-state index >= 15 is 0 Å². The maximum absolute atomic E-state index is 10.3. The van der Waals surface area contributed by atoms with E-state index in [1.165, 1.54) is 5.56 Å². The molecule has 0 fully saturated rings. The molecule has 0 aliphatic heterocycles. The van der Waals surface area contributed by atoms with E-state index in [-0.39, 0.29) is 18.8 Å². The lowest BCUT2D eigenvalue weighted by Crippen LogP contribution is -2.19. The largest absolute Gasteiger partial charge is 0.497 e. The number of carboxylic acid groups (broad SMARTS) is 1. The van der Waals surface area contributed by atoms with Gasteiger partial charge in [0.05, 0.1) is 13.5 Å². The van der Waals surface area contributed by atoms with Gasteiger partial charge in [0.15, 0.2) is 0 Å². The molecule has 0 spiro atoms. The topological polar surface area (TPSA) is 58.6 Å². The second-order valence-corrected chi connectivity index (χ2v) is 4.20. The van der Waals surface area contributed by atoms with Crippen molar-refractivity contribution in [3.63, 3.8) is 0 Å². The minimum absolute atomic E-state index is 0. The summed E-state index contributed by atoms with van der Waals surface area (Å²) in [5, 5.41) is 11.6. The van der Waals surface area contributed by atoms with Crippen LogP contribution in [0.5, 0.6) is 5.75 Å². The molecule has 0 aromatic heterocycles. The summed E-state index contributed by atoms with van der Waals surface area (Å²) >= 11 is 0. The Kier molecular flexibility index (Phi) is 9.94. The van der Waals surface area contributed by atoms with Gasteiger partial charge in [0.2, 0.25) is 0 Å². The fourth-order valence-electron chi connectivity index (χ4n) is 1.69. The van der Waals surface area contributed by atoms with Crippen LogP contribution in [0.3, 0.4) is 0 Å². The first-order chi connectivity index (χ1) is 8.72. The van der Waals surface area contributed by atoms with Crippen LogP contribution in [0.15, 0.2) is 24.3 Å². The van der Waals surface area contributed by atoms with Crippen molar-refractivity contribution in [3.8, 4) is 5.75 Å². The van der Waals surface area contributed by atoms with Crippen molar-refractivity contribution in [1.82, 2.24) is 5.32 Å². The number of halogens is 1. The molecule has 0 atom stereocenters. The third-order valence-electron chi connectivity index (χ3n) is 2.74. The normalized spacial score (nSPS) is 9.74. The highest BCUT2D eigenvalue weighted by Crippen LogP contribution is 2.12. The molecule has 19 heavy (non-hydrogen) atoms. The number of carbonyl (C=O) groups is 1. The highest BCUT2D eigenvalue weighted by molar-refractivity contribution is 5.85. The molecule has 108 valence electrons. The molecule has 0 aliphatic rings. The Morgan fingerprint density at radius 2 is 1.89 bits per heavy atom. The zero-order valence-corrected chi connectivity index (χ0v) is 12.0. The molecule has 4 nitrogen and oxygen atoms in total. The lowest BCUT2D eigenvalue weighted by molar-refractivity contribution is -0.136. The lowest BCUT2D eigenvalue weighted by Gasteiger charge is -2.04. The molecule has 0 amide bonds. The van der Waals surface area contributed by atoms with Gasteiger partial charge in [-0.2, -0.15) is 0 Å². The Morgan fingerprint density at radius 1 is 1.21 bits per heavy atom. The molecule has 2 N–H and O–H groups in total. The van der Waals surface area contributed by atoms with E-state index in [2.05, 4.69) is 17.4 Å². The summed E-state index contributed by atoms with van der Waals surface area (Å²) in [4.78, 5) is 10.3. The Morgan fingerprint density at radius 3 is 2.47 bits per heavy atom. The van der Waals surface area contributed by atoms with Gasteiger partial charge in [-0.25, -0.2) is 0 Å². The number of rotatable bonds is 9. The molecule has 1 aromatic rings. The van der Waals surface area contributed by atoms with Crippen molar-refractivity contribution >= 4 is 18.4 Å². The molecular formula is C14H22ClNO3. The van der Waals surface area contributed by atoms with Crippen molar-refractivity contribution in [1.29, 1.82) is 0 Å². The number of nitrogens with one attached hydrogen (secondary N) is 1. The van der Waals surface area contributed by atoms with Gasteiger partial charge in [0.25, 0.3) is 0 Å². The first-order valence-corrected chi connectivity index (χ1v) is 6.28. The second kappa shape index (κ2) is 10.6. The molecule has 0 radical (unpaired) electrons. The molecule has 5 heteroatoms. The molecule has 0 aliphatic carbocycles. The third-order valence-corrected chi connectivity index (χ3v) is 2.74. The predicted molar refractivity (Wildman–Crippen MR) is 78.3 cm³/mol. The summed E-state index contributed by atoms with van der Waals surface area (Å²) in [7, 11) is 1.66. The summed E-state index contributed by atoms with van der Waals surface area (Å²) < 4.78 is 5.10. The summed E-state index contributed by atoms with van der Waals surface area (Å²) in [5.74, 6) is 0.134. The number of carboxylic acids is 1. The number of aliphatic carboxylic acids is 1. The number of aryl methyl sites for hydroxylation is 1. The maximum atomic E-state index is 10.3. The van der Waals surface area contributed by atoms with Crippen LogP contribution in [0, 0.1) is 0 Å². The van der Waals surface area contributed by atoms with Crippen LogP contribution < -0.4 is 10.1 Å². The van der Waals surface area contributed by atoms with Gasteiger partial charge >= 0.3 is 5.97 Å². The molecular weight excluding hydrogens is 266 g/mol. The SMILES string of the molecule is COc1ccc(CCCCNCCC(=O)O)cc1.Cl. The van der Waals surface area contributed by atoms with Crippen LogP contribution in [0.1, 0.15) is 24.8 Å². The molecule has 1 rings (SSSR count). The Labute approximate surface area is 120 Å². The summed E-state index contributed by atoms with van der Waals surface area (Å²) in [5.41, 5.74) is 1.31. The number of unbranched alkanes of at least 4 members (excludes halogenated alkanes) is 1. The van der Waals surface area contributed by atoms with Crippen LogP contribution in [-0.4, -0.2) is 31.3 Å². The number of benzene rings is 1. The number of ether oxygens (including phenoxy) is 1. The Hall–Kier alpha value is -1.26. The number of methoxy groups -OCH3 is 1. The van der Waals surface area contributed by atoms with Crippen molar-refractivity contribution in [2.24, 2.45) is 0 Å². The molecule has 0 bridgehead atoms. The monoisotopic (exact) mass is 287 g/mol. The van der Waals surface area contributed by atoms with Crippen LogP contribution in [0.4, 0.5) is 0 Å². The molecule has 1 aromatic carbocycles. The van der Waals surface area contributed by atoms with Crippen LogP contribution in [0.2, 0.25) is 0 Å². The van der Waals surface area contributed by atoms with Crippen molar-refractivity contribution in [2.75, 3.05) is 20.2 Å². The lowest BCUT2D eigenvalue weighted by atomic mass is 10.1. The van der Waals surface area contributed by atoms with Gasteiger partial charge < -0.3 is 15.2 Å². The zero-order chi connectivity index (χ0) is 13.2. The van der Waals surface area contributed by atoms with Gasteiger partial charge in [0, 0.05) is 6.54 Å². The maximum Gasteiger partial charge on any atom is 0.304 e. The first-order valence-electron chi connectivity index (χ1n) is 6.28. The fraction of sp³-hybridized carbons (Fsp3) is 0.500. The fourth-order valence-corrected chi connectivity index (χ4v) is 1.69. The number of hydrogen-bond donors (Lipinski definition) is 2. The highest BCUT2D eigenvalue weighted by atomic mass is 35.5. The van der Waals surface area contributed by atoms with E-state index in [0.29, 0.717) is 6.54 Å². The van der Waals surface area contributed by atoms with E-state index in [0.717, 1.165) is 31.6 Å². The molecule has 0 saturated heterocycles. The molecule has 0 saturated carbocycles. The van der Waals surface area contributed by atoms with E-state index < -0.39 is 5.97 Å². The van der Waals surface area contributed by atoms with Crippen LogP contribution in [-0.2, 0) is 11.2 Å². The van der Waals surface area contributed by atoms with E-state index in [9.17, 15) is 4.79 Å². The van der Waals surface area contributed by atoms with Gasteiger partial charge in [-0.3, -0.25) is 4.79 Å². The average Bonchev–Trinajstić information content (AvgIpc) is 2.38. The average molecular weight is 288 g/mol. The van der Waals surface area contributed by atoms with E-state index in [1.54, 1.807) is 7.11 Å². The van der Waals surface area contributed by atoms with Crippen LogP contribution in [0.25, 0.3) is 0 Å². The third kappa shape index (κ3) is 8.46. The Balaban J connectivity index is 0.00000324. The molecule has 0 unspecified atom stereocenters. The van der Waals surface area contributed by atoms with Crippen molar-refractivity contribution in [3.05, 3.63) is 29.8 Å². The minimum atomic E-state index is -0.749. The van der Waals surface area contributed by atoms with E-state index in [1.807, 2.05) is 12.1 Å². The van der Waals surface area contributed by atoms with Crippen LogP contribution >= 0.6 is 12.4 Å². The quantitative estimate of drug-likeness (QED) is 0.685. The van der Waals surface area contributed by atoms with Crippen molar-refractivity contribution < 1.29 is 14.6 Å².